The zero-order chi connectivity index (χ0) is 14.9. The Morgan fingerprint density at radius 2 is 2.00 bits per heavy atom. The van der Waals surface area contributed by atoms with E-state index in [9.17, 15) is 0 Å². The summed E-state index contributed by atoms with van der Waals surface area (Å²) in [5.41, 5.74) is 4.02. The van der Waals surface area contributed by atoms with Crippen LogP contribution in [0.5, 0.6) is 0 Å². The lowest BCUT2D eigenvalue weighted by atomic mass is 10.1. The van der Waals surface area contributed by atoms with E-state index < -0.39 is 0 Å². The molecule has 0 amide bonds. The fourth-order valence-corrected chi connectivity index (χ4v) is 2.59. The first-order chi connectivity index (χ1) is 10.8. The summed E-state index contributed by atoms with van der Waals surface area (Å²) in [5, 5.41) is 8.86. The first-order valence-electron chi connectivity index (χ1n) is 7.19. The van der Waals surface area contributed by atoms with Crippen molar-refractivity contribution in [2.45, 2.75) is 13.5 Å². The van der Waals surface area contributed by atoms with Crippen LogP contribution in [-0.2, 0) is 6.54 Å². The molecular formula is C17H15N5. The Kier molecular flexibility index (Phi) is 2.96. The molecule has 1 aromatic carbocycles. The standard InChI is InChI=1S/C17H15N5/c1-12-10-13-4-2-3-5-15(13)21-17(12)19-11-14-6-8-18-16-7-9-20-22(14)16/h2-10H,11H2,1H3,(H,19,21). The summed E-state index contributed by atoms with van der Waals surface area (Å²) >= 11 is 0. The maximum absolute atomic E-state index is 4.70. The van der Waals surface area contributed by atoms with Gasteiger partial charge in [0, 0.05) is 17.6 Å². The zero-order valence-electron chi connectivity index (χ0n) is 12.2. The van der Waals surface area contributed by atoms with Crippen LogP contribution in [0.1, 0.15) is 11.3 Å². The van der Waals surface area contributed by atoms with Crippen molar-refractivity contribution in [3.05, 3.63) is 66.1 Å². The van der Waals surface area contributed by atoms with Gasteiger partial charge >= 0.3 is 0 Å². The minimum absolute atomic E-state index is 0.646. The first kappa shape index (κ1) is 12.8. The molecule has 0 unspecified atom stereocenters. The molecule has 0 atom stereocenters. The molecule has 0 bridgehead atoms. The van der Waals surface area contributed by atoms with Crippen LogP contribution in [0, 0.1) is 6.92 Å². The number of benzene rings is 1. The summed E-state index contributed by atoms with van der Waals surface area (Å²) in [4.78, 5) is 8.97. The van der Waals surface area contributed by atoms with Crippen molar-refractivity contribution >= 4 is 22.4 Å². The number of para-hydroxylation sites is 1. The van der Waals surface area contributed by atoms with E-state index in [-0.39, 0.29) is 0 Å². The van der Waals surface area contributed by atoms with Gasteiger partial charge in [0.2, 0.25) is 0 Å². The molecule has 3 heterocycles. The number of rotatable bonds is 3. The number of fused-ring (bicyclic) bond motifs is 2. The van der Waals surface area contributed by atoms with Gasteiger partial charge in [0.1, 0.15) is 5.82 Å². The van der Waals surface area contributed by atoms with E-state index >= 15 is 0 Å². The summed E-state index contributed by atoms with van der Waals surface area (Å²) in [5.74, 6) is 0.899. The molecule has 0 saturated carbocycles. The monoisotopic (exact) mass is 289 g/mol. The molecule has 5 nitrogen and oxygen atoms in total. The highest BCUT2D eigenvalue weighted by Crippen LogP contribution is 2.20. The summed E-state index contributed by atoms with van der Waals surface area (Å²) in [6, 6.07) is 14.1. The predicted molar refractivity (Wildman–Crippen MR) is 86.8 cm³/mol. The Balaban J connectivity index is 1.66. The Bertz CT molecular complexity index is 958. The van der Waals surface area contributed by atoms with Crippen LogP contribution in [0.15, 0.2) is 54.9 Å². The number of aryl methyl sites for hydroxylation is 1. The number of hydrogen-bond donors (Lipinski definition) is 1. The third kappa shape index (κ3) is 2.16. The highest BCUT2D eigenvalue weighted by atomic mass is 15.3. The van der Waals surface area contributed by atoms with Crippen LogP contribution >= 0.6 is 0 Å². The lowest BCUT2D eigenvalue weighted by molar-refractivity contribution is 0.852. The summed E-state index contributed by atoms with van der Waals surface area (Å²) in [6.45, 7) is 2.71. The molecule has 0 aliphatic rings. The number of hydrogen-bond acceptors (Lipinski definition) is 4. The van der Waals surface area contributed by atoms with Gasteiger partial charge in [-0.15, -0.1) is 0 Å². The van der Waals surface area contributed by atoms with Gasteiger partial charge in [0.05, 0.1) is 24.0 Å². The molecule has 0 radical (unpaired) electrons. The molecule has 0 aliphatic heterocycles. The average molecular weight is 289 g/mol. The largest absolute Gasteiger partial charge is 0.364 e. The summed E-state index contributed by atoms with van der Waals surface area (Å²) in [6.07, 6.45) is 3.56. The maximum atomic E-state index is 4.70. The van der Waals surface area contributed by atoms with Gasteiger partial charge in [0.15, 0.2) is 5.65 Å². The number of nitrogens with one attached hydrogen (secondary N) is 1. The molecule has 0 spiro atoms. The molecule has 3 aromatic heterocycles. The van der Waals surface area contributed by atoms with Crippen molar-refractivity contribution in [3.8, 4) is 0 Å². The topological polar surface area (TPSA) is 55.1 Å². The van der Waals surface area contributed by atoms with Crippen LogP contribution in [0.4, 0.5) is 5.82 Å². The molecule has 4 rings (SSSR count). The SMILES string of the molecule is Cc1cc2ccccc2nc1NCc1ccnc2ccnn12. The second-order valence-electron chi connectivity index (χ2n) is 5.24. The van der Waals surface area contributed by atoms with Gasteiger partial charge in [-0.3, -0.25) is 0 Å². The maximum Gasteiger partial charge on any atom is 0.155 e. The summed E-state index contributed by atoms with van der Waals surface area (Å²) < 4.78 is 1.84. The summed E-state index contributed by atoms with van der Waals surface area (Å²) in [7, 11) is 0. The van der Waals surface area contributed by atoms with E-state index in [0.29, 0.717) is 6.54 Å². The fraction of sp³-hybridized carbons (Fsp3) is 0.118. The van der Waals surface area contributed by atoms with Crippen molar-refractivity contribution in [1.29, 1.82) is 0 Å². The Morgan fingerprint density at radius 1 is 1.09 bits per heavy atom. The van der Waals surface area contributed by atoms with Crippen molar-refractivity contribution < 1.29 is 0 Å². The van der Waals surface area contributed by atoms with Crippen LogP contribution < -0.4 is 5.32 Å². The highest BCUT2D eigenvalue weighted by molar-refractivity contribution is 5.81. The highest BCUT2D eigenvalue weighted by Gasteiger charge is 2.05. The Labute approximate surface area is 127 Å². The van der Waals surface area contributed by atoms with Crippen LogP contribution in [0.2, 0.25) is 0 Å². The van der Waals surface area contributed by atoms with Gasteiger partial charge in [-0.05, 0) is 30.7 Å². The third-order valence-electron chi connectivity index (χ3n) is 3.72. The molecule has 0 fully saturated rings. The molecule has 4 aromatic rings. The molecule has 5 heteroatoms. The normalized spacial score (nSPS) is 11.1. The van der Waals surface area contributed by atoms with E-state index in [1.165, 1.54) is 0 Å². The van der Waals surface area contributed by atoms with Crippen LogP contribution in [-0.4, -0.2) is 19.6 Å². The third-order valence-corrected chi connectivity index (χ3v) is 3.72. The number of anilines is 1. The van der Waals surface area contributed by atoms with E-state index in [1.807, 2.05) is 34.8 Å². The minimum Gasteiger partial charge on any atom is -0.364 e. The first-order valence-corrected chi connectivity index (χ1v) is 7.19. The van der Waals surface area contributed by atoms with Gasteiger partial charge < -0.3 is 5.32 Å². The second-order valence-corrected chi connectivity index (χ2v) is 5.24. The van der Waals surface area contributed by atoms with Crippen molar-refractivity contribution in [2.24, 2.45) is 0 Å². The van der Waals surface area contributed by atoms with E-state index in [0.717, 1.165) is 33.6 Å². The minimum atomic E-state index is 0.646. The van der Waals surface area contributed by atoms with Crippen molar-refractivity contribution in [3.63, 3.8) is 0 Å². The smallest absolute Gasteiger partial charge is 0.155 e. The lowest BCUT2D eigenvalue weighted by Gasteiger charge is -2.11. The number of nitrogens with zero attached hydrogens (tertiary/aromatic N) is 4. The van der Waals surface area contributed by atoms with Gasteiger partial charge in [-0.1, -0.05) is 18.2 Å². The van der Waals surface area contributed by atoms with E-state index in [4.69, 9.17) is 4.98 Å². The van der Waals surface area contributed by atoms with Crippen LogP contribution in [0.3, 0.4) is 0 Å². The van der Waals surface area contributed by atoms with Gasteiger partial charge in [-0.25, -0.2) is 14.5 Å². The molecule has 0 aliphatic carbocycles. The lowest BCUT2D eigenvalue weighted by Crippen LogP contribution is -2.08. The molecule has 22 heavy (non-hydrogen) atoms. The zero-order valence-corrected chi connectivity index (χ0v) is 12.2. The second kappa shape index (κ2) is 5.11. The Morgan fingerprint density at radius 3 is 2.95 bits per heavy atom. The van der Waals surface area contributed by atoms with Gasteiger partial charge in [-0.2, -0.15) is 5.10 Å². The molecule has 0 saturated heterocycles. The van der Waals surface area contributed by atoms with Crippen molar-refractivity contribution in [1.82, 2.24) is 19.6 Å². The molecule has 1 N–H and O–H groups in total. The van der Waals surface area contributed by atoms with E-state index in [2.05, 4.69) is 34.5 Å². The Hall–Kier alpha value is -2.95. The predicted octanol–water partition coefficient (Wildman–Crippen LogP) is 3.20. The number of pyridine rings is 1. The van der Waals surface area contributed by atoms with E-state index in [1.54, 1.807) is 12.4 Å². The average Bonchev–Trinajstić information content (AvgIpc) is 3.02. The quantitative estimate of drug-likeness (QED) is 0.629. The van der Waals surface area contributed by atoms with Crippen LogP contribution in [0.25, 0.3) is 16.6 Å². The molecular weight excluding hydrogens is 274 g/mol. The van der Waals surface area contributed by atoms with Gasteiger partial charge in [0.25, 0.3) is 0 Å². The van der Waals surface area contributed by atoms with Crippen molar-refractivity contribution in [2.75, 3.05) is 5.32 Å². The molecule has 108 valence electrons. The number of aromatic nitrogens is 4. The fourth-order valence-electron chi connectivity index (χ4n) is 2.59.